The van der Waals surface area contributed by atoms with Crippen LogP contribution in [0.1, 0.15) is 17.3 Å². The lowest BCUT2D eigenvalue weighted by Crippen LogP contribution is -2.30. The van der Waals surface area contributed by atoms with Gasteiger partial charge in [-0.25, -0.2) is 14.8 Å². The van der Waals surface area contributed by atoms with E-state index in [0.29, 0.717) is 27.7 Å². The van der Waals surface area contributed by atoms with Gasteiger partial charge in [-0.05, 0) is 31.2 Å². The number of anilines is 1. The maximum Gasteiger partial charge on any atom is 0.339 e. The first-order valence-electron chi connectivity index (χ1n) is 8.48. The van der Waals surface area contributed by atoms with E-state index in [0.717, 1.165) is 0 Å². The van der Waals surface area contributed by atoms with E-state index in [1.807, 2.05) is 18.2 Å². The second-order valence-corrected chi connectivity index (χ2v) is 6.80. The van der Waals surface area contributed by atoms with E-state index in [9.17, 15) is 9.59 Å². The molecule has 2 heterocycles. The number of fused-ring (bicyclic) bond motifs is 1. The zero-order valence-electron chi connectivity index (χ0n) is 14.8. The summed E-state index contributed by atoms with van der Waals surface area (Å²) >= 11 is 1.28. The lowest BCUT2D eigenvalue weighted by atomic mass is 10.1. The number of carbonyl (C=O) groups excluding carboxylic acids is 2. The normalized spacial score (nSPS) is 11.9. The molecule has 7 nitrogen and oxygen atoms in total. The van der Waals surface area contributed by atoms with Gasteiger partial charge in [0.15, 0.2) is 16.8 Å². The number of oxazole rings is 1. The molecule has 1 atom stereocenters. The van der Waals surface area contributed by atoms with E-state index in [1.54, 1.807) is 41.9 Å². The van der Waals surface area contributed by atoms with Crippen LogP contribution in [0, 0.1) is 0 Å². The first kappa shape index (κ1) is 17.9. The number of amides is 1. The number of hydrogen-bond donors (Lipinski definition) is 1. The molecule has 0 saturated carbocycles. The Hall–Kier alpha value is -3.52. The van der Waals surface area contributed by atoms with Crippen molar-refractivity contribution in [3.05, 3.63) is 65.7 Å². The summed E-state index contributed by atoms with van der Waals surface area (Å²) in [6.45, 7) is 1.50. The number of nitrogens with one attached hydrogen (secondary N) is 1. The Labute approximate surface area is 164 Å². The Balaban J connectivity index is 1.55. The topological polar surface area (TPSA) is 94.3 Å². The van der Waals surface area contributed by atoms with Crippen LogP contribution < -0.4 is 5.32 Å². The molecule has 0 aliphatic heterocycles. The highest BCUT2D eigenvalue weighted by Crippen LogP contribution is 2.27. The van der Waals surface area contributed by atoms with Crippen LogP contribution in [0.3, 0.4) is 0 Å². The standard InChI is InChI=1S/C20H15N3O4S/c1-12(17(24)23-20-21-10-11-28-20)26-19(25)14-7-3-2-6-13(14)18-22-15-8-4-5-9-16(15)27-18/h2-12H,1H3,(H,21,23,24). The smallest absolute Gasteiger partial charge is 0.339 e. The molecule has 0 bridgehead atoms. The van der Waals surface area contributed by atoms with Gasteiger partial charge in [0.05, 0.1) is 11.1 Å². The third-order valence-electron chi connectivity index (χ3n) is 3.99. The zero-order chi connectivity index (χ0) is 19.5. The second kappa shape index (κ2) is 7.61. The van der Waals surface area contributed by atoms with Crippen LogP contribution in [0.15, 0.2) is 64.5 Å². The van der Waals surface area contributed by atoms with Crippen LogP contribution >= 0.6 is 11.3 Å². The summed E-state index contributed by atoms with van der Waals surface area (Å²) in [6, 6.07) is 14.2. The highest BCUT2D eigenvalue weighted by molar-refractivity contribution is 7.13. The number of thiazole rings is 1. The van der Waals surface area contributed by atoms with Crippen molar-refractivity contribution in [1.82, 2.24) is 9.97 Å². The van der Waals surface area contributed by atoms with Crippen molar-refractivity contribution in [2.24, 2.45) is 0 Å². The van der Waals surface area contributed by atoms with Crippen molar-refractivity contribution in [2.45, 2.75) is 13.0 Å². The first-order chi connectivity index (χ1) is 13.6. The molecule has 0 fully saturated rings. The molecule has 0 aliphatic carbocycles. The number of ether oxygens (including phenoxy) is 1. The minimum atomic E-state index is -0.993. The molecule has 1 unspecified atom stereocenters. The molecule has 1 amide bonds. The molecule has 28 heavy (non-hydrogen) atoms. The van der Waals surface area contributed by atoms with Gasteiger partial charge < -0.3 is 9.15 Å². The Bertz CT molecular complexity index is 1100. The number of carbonyl (C=O) groups is 2. The van der Waals surface area contributed by atoms with Crippen LogP contribution in [0.4, 0.5) is 5.13 Å². The van der Waals surface area contributed by atoms with E-state index in [2.05, 4.69) is 15.3 Å². The fourth-order valence-electron chi connectivity index (χ4n) is 2.60. The zero-order valence-corrected chi connectivity index (χ0v) is 15.6. The molecule has 0 radical (unpaired) electrons. The van der Waals surface area contributed by atoms with Crippen LogP contribution in [0.5, 0.6) is 0 Å². The van der Waals surface area contributed by atoms with Gasteiger partial charge >= 0.3 is 5.97 Å². The Morgan fingerprint density at radius 1 is 1.14 bits per heavy atom. The average Bonchev–Trinajstić information content (AvgIpc) is 3.37. The number of benzene rings is 2. The predicted molar refractivity (Wildman–Crippen MR) is 105 cm³/mol. The van der Waals surface area contributed by atoms with Gasteiger partial charge in [-0.2, -0.15) is 0 Å². The number of para-hydroxylation sites is 2. The molecule has 1 N–H and O–H groups in total. The fraction of sp³-hybridized carbons (Fsp3) is 0.100. The van der Waals surface area contributed by atoms with Gasteiger partial charge in [0.1, 0.15) is 5.52 Å². The average molecular weight is 393 g/mol. The van der Waals surface area contributed by atoms with E-state index in [4.69, 9.17) is 9.15 Å². The van der Waals surface area contributed by atoms with Crippen molar-refractivity contribution >= 4 is 39.4 Å². The Kier molecular flexibility index (Phi) is 4.86. The fourth-order valence-corrected chi connectivity index (χ4v) is 3.14. The quantitative estimate of drug-likeness (QED) is 0.512. The number of esters is 1. The highest BCUT2D eigenvalue weighted by Gasteiger charge is 2.23. The minimum absolute atomic E-state index is 0.267. The van der Waals surface area contributed by atoms with Gasteiger partial charge in [0.25, 0.3) is 5.91 Å². The molecule has 4 rings (SSSR count). The van der Waals surface area contributed by atoms with E-state index >= 15 is 0 Å². The highest BCUT2D eigenvalue weighted by atomic mass is 32.1. The summed E-state index contributed by atoms with van der Waals surface area (Å²) in [6.07, 6.45) is 0.584. The van der Waals surface area contributed by atoms with Crippen molar-refractivity contribution in [2.75, 3.05) is 5.32 Å². The van der Waals surface area contributed by atoms with Crippen LogP contribution in [0.2, 0.25) is 0 Å². The van der Waals surface area contributed by atoms with E-state index < -0.39 is 18.0 Å². The summed E-state index contributed by atoms with van der Waals surface area (Å²) < 4.78 is 11.1. The summed E-state index contributed by atoms with van der Waals surface area (Å²) in [7, 11) is 0. The summed E-state index contributed by atoms with van der Waals surface area (Å²) in [4.78, 5) is 33.3. The molecule has 0 spiro atoms. The van der Waals surface area contributed by atoms with Crippen molar-refractivity contribution in [3.63, 3.8) is 0 Å². The van der Waals surface area contributed by atoms with Crippen molar-refractivity contribution < 1.29 is 18.7 Å². The van der Waals surface area contributed by atoms with Gasteiger partial charge in [-0.15, -0.1) is 11.3 Å². The second-order valence-electron chi connectivity index (χ2n) is 5.91. The van der Waals surface area contributed by atoms with Gasteiger partial charge in [-0.1, -0.05) is 24.3 Å². The van der Waals surface area contributed by atoms with Gasteiger partial charge in [-0.3, -0.25) is 10.1 Å². The number of hydrogen-bond acceptors (Lipinski definition) is 7. The summed E-state index contributed by atoms with van der Waals surface area (Å²) in [5.74, 6) is -0.782. The Morgan fingerprint density at radius 2 is 1.93 bits per heavy atom. The van der Waals surface area contributed by atoms with Crippen LogP contribution in [0.25, 0.3) is 22.6 Å². The SMILES string of the molecule is CC(OC(=O)c1ccccc1-c1nc2ccccc2o1)C(=O)Nc1nccs1. The maximum atomic E-state index is 12.7. The lowest BCUT2D eigenvalue weighted by molar-refractivity contribution is -0.123. The van der Waals surface area contributed by atoms with Gasteiger partial charge in [0.2, 0.25) is 5.89 Å². The van der Waals surface area contributed by atoms with Crippen LogP contribution in [-0.4, -0.2) is 27.9 Å². The molecule has 0 saturated heterocycles. The minimum Gasteiger partial charge on any atom is -0.449 e. The molecule has 8 heteroatoms. The largest absolute Gasteiger partial charge is 0.449 e. The van der Waals surface area contributed by atoms with Gasteiger partial charge in [0, 0.05) is 11.6 Å². The molecule has 2 aromatic heterocycles. The third kappa shape index (κ3) is 3.63. The first-order valence-corrected chi connectivity index (χ1v) is 9.36. The monoisotopic (exact) mass is 393 g/mol. The van der Waals surface area contributed by atoms with Crippen LogP contribution in [-0.2, 0) is 9.53 Å². The molecular formula is C20H15N3O4S. The maximum absolute atomic E-state index is 12.7. The van der Waals surface area contributed by atoms with E-state index in [-0.39, 0.29) is 5.56 Å². The summed E-state index contributed by atoms with van der Waals surface area (Å²) in [5.41, 5.74) is 2.08. The van der Waals surface area contributed by atoms with Crippen molar-refractivity contribution in [3.8, 4) is 11.5 Å². The molecule has 2 aromatic carbocycles. The summed E-state index contributed by atoms with van der Waals surface area (Å²) in [5, 5.41) is 4.79. The number of nitrogens with zero attached hydrogens (tertiary/aromatic N) is 2. The lowest BCUT2D eigenvalue weighted by Gasteiger charge is -2.13. The Morgan fingerprint density at radius 3 is 2.71 bits per heavy atom. The molecule has 4 aromatic rings. The van der Waals surface area contributed by atoms with E-state index in [1.165, 1.54) is 18.3 Å². The number of rotatable bonds is 5. The third-order valence-corrected chi connectivity index (χ3v) is 4.68. The molecular weight excluding hydrogens is 378 g/mol. The number of aromatic nitrogens is 2. The predicted octanol–water partition coefficient (Wildman–Crippen LogP) is 4.14. The molecule has 0 aliphatic rings. The van der Waals surface area contributed by atoms with Crippen molar-refractivity contribution in [1.29, 1.82) is 0 Å². The molecule has 140 valence electrons.